The van der Waals surface area contributed by atoms with Gasteiger partial charge in [-0.2, -0.15) is 0 Å². The van der Waals surface area contributed by atoms with Gasteiger partial charge in [-0.1, -0.05) is 48.5 Å². The Morgan fingerprint density at radius 2 is 1.63 bits per heavy atom. The molecule has 0 saturated carbocycles. The molecule has 0 spiro atoms. The smallest absolute Gasteiger partial charge is 0.326 e. The van der Waals surface area contributed by atoms with Crippen LogP contribution in [0.5, 0.6) is 0 Å². The molecule has 1 heterocycles. The van der Waals surface area contributed by atoms with Crippen molar-refractivity contribution in [3.05, 3.63) is 71.8 Å². The molecule has 0 bridgehead atoms. The minimum atomic E-state index is -1.16. The number of rotatable bonds is 11. The quantitative estimate of drug-likeness (QED) is 0.385. The number of hydrogen-bond donors (Lipinski definition) is 4. The maximum atomic E-state index is 12.9. The van der Waals surface area contributed by atoms with Crippen LogP contribution in [0.1, 0.15) is 42.1 Å². The molecule has 4 atom stereocenters. The molecule has 1 saturated heterocycles. The van der Waals surface area contributed by atoms with Crippen molar-refractivity contribution in [2.75, 3.05) is 6.54 Å². The molecule has 2 aromatic rings. The van der Waals surface area contributed by atoms with Gasteiger partial charge in [0.2, 0.25) is 5.91 Å². The summed E-state index contributed by atoms with van der Waals surface area (Å²) in [4.78, 5) is 50.6. The summed E-state index contributed by atoms with van der Waals surface area (Å²) in [5.74, 6) is -2.99. The van der Waals surface area contributed by atoms with Gasteiger partial charge < -0.3 is 20.4 Å². The zero-order valence-electron chi connectivity index (χ0n) is 19.6. The summed E-state index contributed by atoms with van der Waals surface area (Å²) >= 11 is 0. The molecule has 0 unspecified atom stereocenters. The van der Waals surface area contributed by atoms with Gasteiger partial charge in [0.15, 0.2) is 0 Å². The Hall–Kier alpha value is -3.72. The van der Waals surface area contributed by atoms with Crippen molar-refractivity contribution in [1.29, 1.82) is 0 Å². The van der Waals surface area contributed by atoms with Crippen molar-refractivity contribution in [3.63, 3.8) is 0 Å². The number of nitrogens with zero attached hydrogens (tertiary/aromatic N) is 1. The number of hydrogen-bond acceptors (Lipinski definition) is 5. The van der Waals surface area contributed by atoms with Crippen LogP contribution in [-0.4, -0.2) is 69.6 Å². The highest BCUT2D eigenvalue weighted by atomic mass is 16.4. The fourth-order valence-corrected chi connectivity index (χ4v) is 4.38. The lowest BCUT2D eigenvalue weighted by atomic mass is 9.98. The van der Waals surface area contributed by atoms with Crippen molar-refractivity contribution < 1.29 is 29.4 Å². The van der Waals surface area contributed by atoms with Gasteiger partial charge in [-0.3, -0.25) is 19.7 Å². The van der Waals surface area contributed by atoms with E-state index in [2.05, 4.69) is 10.6 Å². The molecule has 0 aliphatic carbocycles. The van der Waals surface area contributed by atoms with E-state index in [4.69, 9.17) is 0 Å². The summed E-state index contributed by atoms with van der Waals surface area (Å²) in [6.45, 7) is 1.85. The molecule has 1 aliphatic heterocycles. The maximum absolute atomic E-state index is 12.9. The van der Waals surface area contributed by atoms with E-state index in [9.17, 15) is 29.4 Å². The highest BCUT2D eigenvalue weighted by molar-refractivity contribution is 5.94. The highest BCUT2D eigenvalue weighted by Gasteiger charge is 2.37. The Balaban J connectivity index is 1.73. The van der Waals surface area contributed by atoms with Gasteiger partial charge in [-0.05, 0) is 50.3 Å². The minimum absolute atomic E-state index is 0.0305. The normalized spacial score (nSPS) is 17.9. The summed E-state index contributed by atoms with van der Waals surface area (Å²) in [7, 11) is 0. The first kappa shape index (κ1) is 25.9. The molecule has 1 fully saturated rings. The minimum Gasteiger partial charge on any atom is -0.480 e. The van der Waals surface area contributed by atoms with Gasteiger partial charge >= 0.3 is 11.9 Å². The molecule has 0 radical (unpaired) electrons. The van der Waals surface area contributed by atoms with Crippen LogP contribution in [0.3, 0.4) is 0 Å². The van der Waals surface area contributed by atoms with E-state index in [0.29, 0.717) is 31.4 Å². The van der Waals surface area contributed by atoms with Crippen molar-refractivity contribution in [2.24, 2.45) is 0 Å². The van der Waals surface area contributed by atoms with Gasteiger partial charge in [0, 0.05) is 18.2 Å². The summed E-state index contributed by atoms with van der Waals surface area (Å²) in [6.07, 6.45) is 1.40. The zero-order valence-corrected chi connectivity index (χ0v) is 19.6. The molecule has 9 nitrogen and oxygen atoms in total. The molecule has 0 aromatic heterocycles. The SMILES string of the molecule is C[C@H](N[C@H](C[C@H](Cc1ccccc1)NC(=O)c1ccccc1)C(=O)O)C(=O)N1CCC[C@H]1C(=O)O. The number of aliphatic carboxylic acids is 2. The summed E-state index contributed by atoms with van der Waals surface area (Å²) in [5.41, 5.74) is 1.39. The molecule has 35 heavy (non-hydrogen) atoms. The third kappa shape index (κ3) is 7.13. The first-order chi connectivity index (χ1) is 16.8. The van der Waals surface area contributed by atoms with E-state index >= 15 is 0 Å². The fourth-order valence-electron chi connectivity index (χ4n) is 4.38. The Morgan fingerprint density at radius 3 is 2.23 bits per heavy atom. The van der Waals surface area contributed by atoms with E-state index < -0.39 is 42.0 Å². The van der Waals surface area contributed by atoms with Gasteiger partial charge in [0.25, 0.3) is 5.91 Å². The lowest BCUT2D eigenvalue weighted by Gasteiger charge is -2.29. The second-order valence-electron chi connectivity index (χ2n) is 8.77. The zero-order chi connectivity index (χ0) is 25.4. The molecule has 9 heteroatoms. The number of carboxylic acid groups (broad SMARTS) is 2. The number of carboxylic acids is 2. The Bertz CT molecular complexity index is 1030. The van der Waals surface area contributed by atoms with Gasteiger partial charge in [-0.25, -0.2) is 4.79 Å². The van der Waals surface area contributed by atoms with Crippen molar-refractivity contribution >= 4 is 23.8 Å². The largest absolute Gasteiger partial charge is 0.480 e. The van der Waals surface area contributed by atoms with Crippen LogP contribution in [0, 0.1) is 0 Å². The number of nitrogens with one attached hydrogen (secondary N) is 2. The molecule has 186 valence electrons. The van der Waals surface area contributed by atoms with Crippen LogP contribution in [0.15, 0.2) is 60.7 Å². The number of carbonyl (C=O) groups is 4. The summed E-state index contributed by atoms with van der Waals surface area (Å²) in [6, 6.07) is 14.6. The second-order valence-corrected chi connectivity index (χ2v) is 8.77. The van der Waals surface area contributed by atoms with Gasteiger partial charge in [-0.15, -0.1) is 0 Å². The van der Waals surface area contributed by atoms with Gasteiger partial charge in [0.1, 0.15) is 12.1 Å². The van der Waals surface area contributed by atoms with Gasteiger partial charge in [0.05, 0.1) is 6.04 Å². The maximum Gasteiger partial charge on any atom is 0.326 e. The van der Waals surface area contributed by atoms with Crippen LogP contribution in [-0.2, 0) is 20.8 Å². The third-order valence-electron chi connectivity index (χ3n) is 6.16. The molecule has 2 amide bonds. The number of likely N-dealkylation sites (tertiary alicyclic amines) is 1. The highest BCUT2D eigenvalue weighted by Crippen LogP contribution is 2.19. The van der Waals surface area contributed by atoms with E-state index in [1.807, 2.05) is 30.3 Å². The molecule has 4 N–H and O–H groups in total. The predicted octanol–water partition coefficient (Wildman–Crippen LogP) is 1.92. The Morgan fingerprint density at radius 1 is 1.00 bits per heavy atom. The number of amides is 2. The van der Waals surface area contributed by atoms with Crippen LogP contribution in [0.4, 0.5) is 0 Å². The second kappa shape index (κ2) is 12.1. The van der Waals surface area contributed by atoms with E-state index in [-0.39, 0.29) is 12.3 Å². The van der Waals surface area contributed by atoms with Crippen LogP contribution in [0.2, 0.25) is 0 Å². The molecular weight excluding hydrogens is 450 g/mol. The monoisotopic (exact) mass is 481 g/mol. The van der Waals surface area contributed by atoms with Crippen molar-refractivity contribution in [3.8, 4) is 0 Å². The van der Waals surface area contributed by atoms with Crippen molar-refractivity contribution in [2.45, 2.75) is 56.8 Å². The van der Waals surface area contributed by atoms with Crippen molar-refractivity contribution in [1.82, 2.24) is 15.5 Å². The van der Waals surface area contributed by atoms with Crippen LogP contribution < -0.4 is 10.6 Å². The fraction of sp³-hybridized carbons (Fsp3) is 0.385. The first-order valence-electron chi connectivity index (χ1n) is 11.7. The molecular formula is C26H31N3O6. The van der Waals surface area contributed by atoms with Crippen LogP contribution >= 0.6 is 0 Å². The number of carbonyl (C=O) groups excluding carboxylic acids is 2. The summed E-state index contributed by atoms with van der Waals surface area (Å²) < 4.78 is 0. The summed E-state index contributed by atoms with van der Waals surface area (Å²) in [5, 5.41) is 25.0. The van der Waals surface area contributed by atoms with E-state index in [0.717, 1.165) is 5.56 Å². The lowest BCUT2D eigenvalue weighted by Crippen LogP contribution is -2.54. The van der Waals surface area contributed by atoms with Crippen LogP contribution in [0.25, 0.3) is 0 Å². The topological polar surface area (TPSA) is 136 Å². The standard InChI is InChI=1S/C26H31N3O6/c1-17(24(31)29-14-8-13-22(29)26(34)35)27-21(25(32)33)16-20(15-18-9-4-2-5-10-18)28-23(30)19-11-6-3-7-12-19/h2-7,9-12,17,20-22,27H,8,13-16H2,1H3,(H,28,30)(H,32,33)(H,34,35)/t17-,20-,21+,22-/m0/s1. The average Bonchev–Trinajstić information content (AvgIpc) is 3.34. The molecule has 3 rings (SSSR count). The Labute approximate surface area is 204 Å². The predicted molar refractivity (Wildman–Crippen MR) is 129 cm³/mol. The first-order valence-corrected chi connectivity index (χ1v) is 11.7. The number of benzene rings is 2. The molecule has 1 aliphatic rings. The Kier molecular flexibility index (Phi) is 8.97. The lowest BCUT2D eigenvalue weighted by molar-refractivity contribution is -0.149. The average molecular weight is 482 g/mol. The third-order valence-corrected chi connectivity index (χ3v) is 6.16. The van der Waals surface area contributed by atoms with E-state index in [1.54, 1.807) is 30.3 Å². The molecule has 2 aromatic carbocycles. The van der Waals surface area contributed by atoms with E-state index in [1.165, 1.54) is 11.8 Å².